The molecule has 7 heteroatoms. The summed E-state index contributed by atoms with van der Waals surface area (Å²) in [4.78, 5) is 11.5. The first-order valence-corrected chi connectivity index (χ1v) is 5.51. The van der Waals surface area contributed by atoms with Crippen LogP contribution in [0.25, 0.3) is 0 Å². The summed E-state index contributed by atoms with van der Waals surface area (Å²) in [5.41, 5.74) is -0.621. The van der Waals surface area contributed by atoms with Gasteiger partial charge in [0.15, 0.2) is 0 Å². The van der Waals surface area contributed by atoms with Crippen molar-refractivity contribution in [1.82, 2.24) is 14.3 Å². The molecule has 0 amide bonds. The Morgan fingerprint density at radius 1 is 1.41 bits per heavy atom. The highest BCUT2D eigenvalue weighted by atomic mass is 79.9. The van der Waals surface area contributed by atoms with Crippen molar-refractivity contribution in [2.45, 2.75) is 6.54 Å². The molecule has 2 aromatic rings. The Bertz CT molecular complexity index is 620. The third-order valence-electron chi connectivity index (χ3n) is 2.33. The van der Waals surface area contributed by atoms with E-state index in [0.29, 0.717) is 0 Å². The summed E-state index contributed by atoms with van der Waals surface area (Å²) < 4.78 is 29.5. The predicted molar refractivity (Wildman–Crippen MR) is 60.6 cm³/mol. The molecule has 17 heavy (non-hydrogen) atoms. The van der Waals surface area contributed by atoms with Gasteiger partial charge in [0.1, 0.15) is 18.0 Å². The van der Waals surface area contributed by atoms with Crippen molar-refractivity contribution in [3.63, 3.8) is 0 Å². The van der Waals surface area contributed by atoms with E-state index >= 15 is 0 Å². The van der Waals surface area contributed by atoms with E-state index in [4.69, 9.17) is 0 Å². The van der Waals surface area contributed by atoms with Crippen LogP contribution < -0.4 is 5.69 Å². The number of halogens is 3. The molecule has 0 fully saturated rings. The molecule has 0 N–H and O–H groups in total. The number of hydrogen-bond donors (Lipinski definition) is 0. The van der Waals surface area contributed by atoms with Gasteiger partial charge in [-0.3, -0.25) is 4.57 Å². The molecule has 0 atom stereocenters. The van der Waals surface area contributed by atoms with Gasteiger partial charge in [-0.2, -0.15) is 5.10 Å². The number of aromatic nitrogens is 3. The van der Waals surface area contributed by atoms with Crippen LogP contribution >= 0.6 is 15.9 Å². The highest BCUT2D eigenvalue weighted by Gasteiger charge is 2.14. The fourth-order valence-corrected chi connectivity index (χ4v) is 1.76. The van der Waals surface area contributed by atoms with Crippen LogP contribution in [0, 0.1) is 11.6 Å². The van der Waals surface area contributed by atoms with E-state index in [2.05, 4.69) is 21.0 Å². The lowest BCUT2D eigenvalue weighted by molar-refractivity contribution is 0.523. The second kappa shape index (κ2) is 4.40. The molecule has 0 radical (unpaired) electrons. The van der Waals surface area contributed by atoms with Gasteiger partial charge in [0.05, 0.1) is 11.0 Å². The maximum atomic E-state index is 13.6. The molecule has 2 rings (SSSR count). The van der Waals surface area contributed by atoms with Gasteiger partial charge in [0, 0.05) is 12.6 Å². The summed E-state index contributed by atoms with van der Waals surface area (Å²) in [5.74, 6) is -1.43. The monoisotopic (exact) mass is 303 g/mol. The van der Waals surface area contributed by atoms with Crippen molar-refractivity contribution in [3.05, 3.63) is 50.6 Å². The Morgan fingerprint density at radius 2 is 2.12 bits per heavy atom. The second-order valence-electron chi connectivity index (χ2n) is 3.50. The molecule has 0 aliphatic rings. The quantitative estimate of drug-likeness (QED) is 0.792. The number of aryl methyl sites for hydroxylation is 1. The highest BCUT2D eigenvalue weighted by molar-refractivity contribution is 9.10. The van der Waals surface area contributed by atoms with Crippen molar-refractivity contribution in [2.75, 3.05) is 0 Å². The highest BCUT2D eigenvalue weighted by Crippen LogP contribution is 2.21. The fraction of sp³-hybridized carbons (Fsp3) is 0.200. The number of nitrogens with zero attached hydrogens (tertiary/aromatic N) is 3. The minimum Gasteiger partial charge on any atom is -0.285 e. The predicted octanol–water partition coefficient (Wildman–Crippen LogP) is 1.67. The van der Waals surface area contributed by atoms with Gasteiger partial charge in [-0.05, 0) is 28.1 Å². The standard InChI is InChI=1S/C10H8BrF2N3O/c1-15-5-14-16(10(15)17)4-6-8(12)3-2-7(11)9(6)13/h2-3,5H,4H2,1H3. The number of benzene rings is 1. The van der Waals surface area contributed by atoms with Gasteiger partial charge in [-0.1, -0.05) is 0 Å². The van der Waals surface area contributed by atoms with Crippen LogP contribution in [0.3, 0.4) is 0 Å². The first kappa shape index (κ1) is 12.0. The maximum Gasteiger partial charge on any atom is 0.345 e. The molecule has 90 valence electrons. The summed E-state index contributed by atoms with van der Waals surface area (Å²) in [7, 11) is 1.51. The smallest absolute Gasteiger partial charge is 0.285 e. The third kappa shape index (κ3) is 2.14. The van der Waals surface area contributed by atoms with Crippen LogP contribution in [-0.2, 0) is 13.6 Å². The first-order chi connectivity index (χ1) is 8.00. The lowest BCUT2D eigenvalue weighted by Crippen LogP contribution is -2.24. The summed E-state index contributed by atoms with van der Waals surface area (Å²) >= 11 is 2.96. The van der Waals surface area contributed by atoms with Crippen molar-refractivity contribution in [1.29, 1.82) is 0 Å². The Kier molecular flexibility index (Phi) is 3.10. The zero-order chi connectivity index (χ0) is 12.6. The molecule has 0 saturated carbocycles. The van der Waals surface area contributed by atoms with Crippen LogP contribution in [0.4, 0.5) is 8.78 Å². The molecule has 0 aliphatic heterocycles. The van der Waals surface area contributed by atoms with E-state index in [1.54, 1.807) is 0 Å². The van der Waals surface area contributed by atoms with E-state index in [1.165, 1.54) is 24.0 Å². The Hall–Kier alpha value is -1.50. The first-order valence-electron chi connectivity index (χ1n) is 4.71. The minimum absolute atomic E-state index is 0.151. The molecule has 0 unspecified atom stereocenters. The molecule has 0 spiro atoms. The van der Waals surface area contributed by atoms with Crippen molar-refractivity contribution >= 4 is 15.9 Å². The van der Waals surface area contributed by atoms with Crippen molar-refractivity contribution in [3.8, 4) is 0 Å². The summed E-state index contributed by atoms with van der Waals surface area (Å²) in [5, 5.41) is 3.74. The topological polar surface area (TPSA) is 39.8 Å². The summed E-state index contributed by atoms with van der Waals surface area (Å²) in [6.07, 6.45) is 1.29. The van der Waals surface area contributed by atoms with Crippen LogP contribution in [0.15, 0.2) is 27.7 Å². The maximum absolute atomic E-state index is 13.6. The van der Waals surface area contributed by atoms with E-state index in [1.807, 2.05) is 0 Å². The largest absolute Gasteiger partial charge is 0.345 e. The zero-order valence-corrected chi connectivity index (χ0v) is 10.4. The lowest BCUT2D eigenvalue weighted by Gasteiger charge is -2.05. The van der Waals surface area contributed by atoms with Crippen molar-refractivity contribution < 1.29 is 8.78 Å². The average molecular weight is 304 g/mol. The van der Waals surface area contributed by atoms with Gasteiger partial charge in [0.25, 0.3) is 0 Å². The third-order valence-corrected chi connectivity index (χ3v) is 2.95. The lowest BCUT2D eigenvalue weighted by atomic mass is 10.2. The van der Waals surface area contributed by atoms with E-state index in [-0.39, 0.29) is 16.6 Å². The van der Waals surface area contributed by atoms with Gasteiger partial charge in [-0.25, -0.2) is 18.3 Å². The molecule has 0 bridgehead atoms. The molecule has 1 aromatic heterocycles. The Morgan fingerprint density at radius 3 is 2.71 bits per heavy atom. The molecule has 0 aliphatic carbocycles. The number of hydrogen-bond acceptors (Lipinski definition) is 2. The van der Waals surface area contributed by atoms with Crippen molar-refractivity contribution in [2.24, 2.45) is 7.05 Å². The van der Waals surface area contributed by atoms with E-state index < -0.39 is 17.3 Å². The molecule has 1 heterocycles. The second-order valence-corrected chi connectivity index (χ2v) is 4.36. The van der Waals surface area contributed by atoms with Crippen LogP contribution in [0.1, 0.15) is 5.56 Å². The van der Waals surface area contributed by atoms with Gasteiger partial charge < -0.3 is 0 Å². The fourth-order valence-electron chi connectivity index (χ4n) is 1.39. The molecule has 4 nitrogen and oxygen atoms in total. The van der Waals surface area contributed by atoms with E-state index in [9.17, 15) is 13.6 Å². The Labute approximate surface area is 104 Å². The van der Waals surface area contributed by atoms with Crippen LogP contribution in [0.5, 0.6) is 0 Å². The van der Waals surface area contributed by atoms with Gasteiger partial charge in [-0.15, -0.1) is 0 Å². The van der Waals surface area contributed by atoms with Gasteiger partial charge >= 0.3 is 5.69 Å². The van der Waals surface area contributed by atoms with Crippen LogP contribution in [-0.4, -0.2) is 14.3 Å². The zero-order valence-electron chi connectivity index (χ0n) is 8.82. The van der Waals surface area contributed by atoms with Gasteiger partial charge in [0.2, 0.25) is 0 Å². The summed E-state index contributed by atoms with van der Waals surface area (Å²) in [6, 6.07) is 2.41. The summed E-state index contributed by atoms with van der Waals surface area (Å²) in [6.45, 7) is -0.239. The molecular weight excluding hydrogens is 296 g/mol. The average Bonchev–Trinajstić information content (AvgIpc) is 2.61. The molecular formula is C10H8BrF2N3O. The normalized spacial score (nSPS) is 10.8. The van der Waals surface area contributed by atoms with Crippen LogP contribution in [0.2, 0.25) is 0 Å². The minimum atomic E-state index is -0.720. The molecule has 0 saturated heterocycles. The van der Waals surface area contributed by atoms with E-state index in [0.717, 1.165) is 10.7 Å². The molecule has 1 aromatic carbocycles. The Balaban J connectivity index is 2.46. The number of rotatable bonds is 2. The SMILES string of the molecule is Cn1cnn(Cc2c(F)ccc(Br)c2F)c1=O.